The van der Waals surface area contributed by atoms with E-state index >= 15 is 0 Å². The van der Waals surface area contributed by atoms with Gasteiger partial charge in [0.2, 0.25) is 3.12 Å². The van der Waals surface area contributed by atoms with E-state index in [9.17, 15) is 4.79 Å². The zero-order valence-electron chi connectivity index (χ0n) is 12.4. The van der Waals surface area contributed by atoms with Gasteiger partial charge in [0.1, 0.15) is 0 Å². The predicted molar refractivity (Wildman–Crippen MR) is 93.4 cm³/mol. The second kappa shape index (κ2) is 7.29. The van der Waals surface area contributed by atoms with Crippen molar-refractivity contribution in [1.29, 1.82) is 0 Å². The van der Waals surface area contributed by atoms with E-state index < -0.39 is 8.66 Å². The van der Waals surface area contributed by atoms with Gasteiger partial charge in [-0.1, -0.05) is 58.7 Å². The first-order valence-corrected chi connectivity index (χ1v) is 8.88. The van der Waals surface area contributed by atoms with E-state index in [1.54, 1.807) is 24.3 Å². The standard InChI is InChI=1S/C15H18Cl3NO2S/c1-14(2,19-7-9-21-10-8-19)13(20)11-3-5-12(6-4-11)22-15(16,17)18/h3-6H,7-10H2,1-2H3. The first kappa shape index (κ1) is 18.4. The van der Waals surface area contributed by atoms with E-state index in [1.165, 1.54) is 0 Å². The Morgan fingerprint density at radius 1 is 1.14 bits per heavy atom. The molecule has 1 fully saturated rings. The maximum absolute atomic E-state index is 12.8. The van der Waals surface area contributed by atoms with E-state index in [0.29, 0.717) is 18.8 Å². The Balaban J connectivity index is 2.11. The lowest BCUT2D eigenvalue weighted by Crippen LogP contribution is -2.54. The van der Waals surface area contributed by atoms with Crippen LogP contribution in [0.3, 0.4) is 0 Å². The van der Waals surface area contributed by atoms with E-state index in [1.807, 2.05) is 13.8 Å². The number of halogens is 3. The molecule has 1 aromatic rings. The number of thioether (sulfide) groups is 1. The van der Waals surface area contributed by atoms with Gasteiger partial charge in [-0.3, -0.25) is 9.69 Å². The highest BCUT2D eigenvalue weighted by atomic mass is 35.6. The van der Waals surface area contributed by atoms with Crippen molar-refractivity contribution in [2.75, 3.05) is 26.3 Å². The molecule has 0 radical (unpaired) electrons. The molecule has 1 aromatic carbocycles. The van der Waals surface area contributed by atoms with Crippen molar-refractivity contribution < 1.29 is 9.53 Å². The minimum Gasteiger partial charge on any atom is -0.379 e. The number of alkyl halides is 3. The van der Waals surface area contributed by atoms with Gasteiger partial charge in [-0.05, 0) is 26.0 Å². The molecule has 0 aliphatic carbocycles. The zero-order valence-corrected chi connectivity index (χ0v) is 15.5. The Morgan fingerprint density at radius 3 is 2.18 bits per heavy atom. The maximum Gasteiger partial charge on any atom is 0.241 e. The molecule has 0 spiro atoms. The lowest BCUT2D eigenvalue weighted by molar-refractivity contribution is -0.00430. The van der Waals surface area contributed by atoms with Crippen LogP contribution in [0.5, 0.6) is 0 Å². The molecule has 0 unspecified atom stereocenters. The lowest BCUT2D eigenvalue weighted by atomic mass is 9.91. The quantitative estimate of drug-likeness (QED) is 0.438. The highest BCUT2D eigenvalue weighted by Crippen LogP contribution is 2.43. The molecular formula is C15H18Cl3NO2S. The van der Waals surface area contributed by atoms with Crippen molar-refractivity contribution in [3.63, 3.8) is 0 Å². The van der Waals surface area contributed by atoms with Crippen LogP contribution in [0.1, 0.15) is 24.2 Å². The molecule has 1 saturated heterocycles. The first-order chi connectivity index (χ1) is 10.2. The van der Waals surface area contributed by atoms with Gasteiger partial charge in [0.25, 0.3) is 0 Å². The Morgan fingerprint density at radius 2 is 1.68 bits per heavy atom. The van der Waals surface area contributed by atoms with Crippen molar-refractivity contribution in [3.8, 4) is 0 Å². The van der Waals surface area contributed by atoms with Crippen molar-refractivity contribution >= 4 is 52.3 Å². The number of morpholine rings is 1. The molecular weight excluding hydrogens is 365 g/mol. The summed E-state index contributed by atoms with van der Waals surface area (Å²) in [7, 11) is 0. The molecule has 0 saturated carbocycles. The summed E-state index contributed by atoms with van der Waals surface area (Å²) in [6, 6.07) is 7.16. The van der Waals surface area contributed by atoms with Gasteiger partial charge in [0.05, 0.1) is 18.8 Å². The Kier molecular flexibility index (Phi) is 6.08. The molecule has 1 heterocycles. The average Bonchev–Trinajstić information content (AvgIpc) is 2.46. The fraction of sp³-hybridized carbons (Fsp3) is 0.533. The minimum atomic E-state index is -1.40. The number of hydrogen-bond acceptors (Lipinski definition) is 4. The molecule has 122 valence electrons. The van der Waals surface area contributed by atoms with Gasteiger partial charge in [0.15, 0.2) is 5.78 Å². The van der Waals surface area contributed by atoms with Crippen LogP contribution in [0, 0.1) is 0 Å². The number of carbonyl (C=O) groups excluding carboxylic acids is 1. The highest BCUT2D eigenvalue weighted by Gasteiger charge is 2.35. The average molecular weight is 383 g/mol. The molecule has 7 heteroatoms. The number of hydrogen-bond donors (Lipinski definition) is 0. The number of ether oxygens (including phenoxy) is 1. The number of nitrogens with zero attached hydrogens (tertiary/aromatic N) is 1. The van der Waals surface area contributed by atoms with E-state index in [0.717, 1.165) is 29.7 Å². The van der Waals surface area contributed by atoms with Crippen molar-refractivity contribution in [2.24, 2.45) is 0 Å². The first-order valence-electron chi connectivity index (χ1n) is 6.93. The van der Waals surface area contributed by atoms with Crippen molar-refractivity contribution in [2.45, 2.75) is 27.4 Å². The summed E-state index contributed by atoms with van der Waals surface area (Å²) >= 11 is 18.4. The molecule has 0 aromatic heterocycles. The van der Waals surface area contributed by atoms with Crippen molar-refractivity contribution in [1.82, 2.24) is 4.90 Å². The molecule has 2 rings (SSSR count). The minimum absolute atomic E-state index is 0.0832. The largest absolute Gasteiger partial charge is 0.379 e. The van der Waals surface area contributed by atoms with Crippen LogP contribution in [0.15, 0.2) is 29.2 Å². The van der Waals surface area contributed by atoms with E-state index in [4.69, 9.17) is 39.5 Å². The van der Waals surface area contributed by atoms with Crippen LogP contribution in [-0.2, 0) is 4.74 Å². The third-order valence-electron chi connectivity index (χ3n) is 3.71. The Bertz CT molecular complexity index is 523. The van der Waals surface area contributed by atoms with Crippen molar-refractivity contribution in [3.05, 3.63) is 29.8 Å². The van der Waals surface area contributed by atoms with E-state index in [-0.39, 0.29) is 5.78 Å². The Hall–Kier alpha value is 0.0300. The summed E-state index contributed by atoms with van der Waals surface area (Å²) in [5.41, 5.74) is 0.0957. The van der Waals surface area contributed by atoms with Gasteiger partial charge < -0.3 is 4.74 Å². The molecule has 0 atom stereocenters. The summed E-state index contributed by atoms with van der Waals surface area (Å²) in [5, 5.41) is 0. The second-order valence-electron chi connectivity index (χ2n) is 5.56. The number of ketones is 1. The summed E-state index contributed by atoms with van der Waals surface area (Å²) in [5.74, 6) is 0.0832. The number of rotatable bonds is 4. The molecule has 1 aliphatic rings. The molecule has 0 N–H and O–H groups in total. The van der Waals surface area contributed by atoms with Crippen LogP contribution < -0.4 is 0 Å². The Labute approximate surface area is 150 Å². The molecule has 3 nitrogen and oxygen atoms in total. The SMILES string of the molecule is CC(C)(C(=O)c1ccc(SC(Cl)(Cl)Cl)cc1)N1CCOCC1. The van der Waals surface area contributed by atoms with Crippen LogP contribution in [0.25, 0.3) is 0 Å². The van der Waals surface area contributed by atoms with Crippen LogP contribution in [-0.4, -0.2) is 45.6 Å². The van der Waals surface area contributed by atoms with Crippen LogP contribution >= 0.6 is 46.6 Å². The third kappa shape index (κ3) is 4.76. The lowest BCUT2D eigenvalue weighted by Gasteiger charge is -2.39. The molecule has 0 amide bonds. The van der Waals surface area contributed by atoms with Gasteiger partial charge in [-0.25, -0.2) is 0 Å². The number of carbonyl (C=O) groups is 1. The normalized spacial score (nSPS) is 17.5. The van der Waals surface area contributed by atoms with Gasteiger partial charge >= 0.3 is 0 Å². The van der Waals surface area contributed by atoms with Crippen LogP contribution in [0.4, 0.5) is 0 Å². The van der Waals surface area contributed by atoms with Crippen LogP contribution in [0.2, 0.25) is 0 Å². The molecule has 0 bridgehead atoms. The van der Waals surface area contributed by atoms with E-state index in [2.05, 4.69) is 4.90 Å². The van der Waals surface area contributed by atoms with Gasteiger partial charge in [0, 0.05) is 23.5 Å². The third-order valence-corrected chi connectivity index (χ3v) is 5.14. The summed E-state index contributed by atoms with van der Waals surface area (Å²) in [6.07, 6.45) is 0. The molecule has 1 aliphatic heterocycles. The van der Waals surface area contributed by atoms with Gasteiger partial charge in [-0.2, -0.15) is 0 Å². The summed E-state index contributed by atoms with van der Waals surface area (Å²) in [4.78, 5) is 15.8. The smallest absolute Gasteiger partial charge is 0.241 e. The number of Topliss-reactive ketones (excluding diaryl/α,β-unsaturated/α-hetero) is 1. The predicted octanol–water partition coefficient (Wildman–Crippen LogP) is 4.40. The van der Waals surface area contributed by atoms with Gasteiger partial charge in [-0.15, -0.1) is 0 Å². The maximum atomic E-state index is 12.8. The fourth-order valence-corrected chi connectivity index (χ4v) is 3.77. The topological polar surface area (TPSA) is 29.5 Å². The zero-order chi connectivity index (χ0) is 16.4. The summed E-state index contributed by atoms with van der Waals surface area (Å²) in [6.45, 7) is 6.75. The monoisotopic (exact) mass is 381 g/mol. The molecule has 22 heavy (non-hydrogen) atoms. The summed E-state index contributed by atoms with van der Waals surface area (Å²) < 4.78 is 3.95. The highest BCUT2D eigenvalue weighted by molar-refractivity contribution is 8.04. The second-order valence-corrected chi connectivity index (χ2v) is 9.80. The fourth-order valence-electron chi connectivity index (χ4n) is 2.43. The number of benzene rings is 1.